The molecule has 3 aromatic rings. The van der Waals surface area contributed by atoms with Crippen LogP contribution in [-0.4, -0.2) is 36.9 Å². The van der Waals surface area contributed by atoms with E-state index in [1.807, 2.05) is 19.9 Å². The molecule has 0 saturated heterocycles. The van der Waals surface area contributed by atoms with Crippen LogP contribution in [0.15, 0.2) is 109 Å². The molecular formula is C35H37F3N6O4. The number of hydrogen-bond donors (Lipinski definition) is 5. The Morgan fingerprint density at radius 3 is 2.17 bits per heavy atom. The van der Waals surface area contributed by atoms with Crippen molar-refractivity contribution in [2.45, 2.75) is 33.4 Å². The number of aryl methyl sites for hydroxylation is 2. The summed E-state index contributed by atoms with van der Waals surface area (Å²) in [6.07, 6.45) is 0.551. The highest BCUT2D eigenvalue weighted by atomic mass is 19.4. The number of rotatable bonds is 13. The van der Waals surface area contributed by atoms with Crippen molar-refractivity contribution in [2.24, 2.45) is 4.99 Å². The topological polar surface area (TPSA) is 141 Å². The Balaban J connectivity index is 0.000000343. The number of benzene rings is 3. The summed E-state index contributed by atoms with van der Waals surface area (Å²) in [6.45, 7) is 12.9. The molecule has 0 spiro atoms. The molecule has 0 aromatic heterocycles. The number of carbonyl (C=O) groups excluding carboxylic acids is 4. The van der Waals surface area contributed by atoms with Gasteiger partial charge in [0.2, 0.25) is 18.2 Å². The van der Waals surface area contributed by atoms with E-state index in [9.17, 15) is 32.3 Å². The van der Waals surface area contributed by atoms with Crippen LogP contribution in [0.1, 0.15) is 40.4 Å². The van der Waals surface area contributed by atoms with Crippen molar-refractivity contribution < 1.29 is 32.3 Å². The lowest BCUT2D eigenvalue weighted by Gasteiger charge is -2.10. The van der Waals surface area contributed by atoms with E-state index >= 15 is 0 Å². The minimum Gasteiger partial charge on any atom is -0.352 e. The number of halogens is 3. The molecule has 13 heteroatoms. The lowest BCUT2D eigenvalue weighted by atomic mass is 10.1. The summed E-state index contributed by atoms with van der Waals surface area (Å²) in [7, 11) is 0. The van der Waals surface area contributed by atoms with E-state index in [4.69, 9.17) is 0 Å². The Labute approximate surface area is 276 Å². The van der Waals surface area contributed by atoms with E-state index in [1.165, 1.54) is 18.3 Å². The van der Waals surface area contributed by atoms with Crippen molar-refractivity contribution in [3.05, 3.63) is 126 Å². The molecule has 0 aliphatic rings. The Hall–Kier alpha value is -5.98. The molecule has 0 bridgehead atoms. The molecule has 0 unspecified atom stereocenters. The highest BCUT2D eigenvalue weighted by Gasteiger charge is 2.30. The molecule has 0 atom stereocenters. The number of alkyl halides is 3. The molecular weight excluding hydrogens is 625 g/mol. The van der Waals surface area contributed by atoms with Crippen LogP contribution in [0, 0.1) is 13.8 Å². The van der Waals surface area contributed by atoms with Crippen LogP contribution >= 0.6 is 0 Å². The molecule has 48 heavy (non-hydrogen) atoms. The molecule has 3 aromatic carbocycles. The predicted molar refractivity (Wildman–Crippen MR) is 182 cm³/mol. The SMILES string of the molecule is C=CC(=O)NCCC(=O)Nc1cccc(NC(=C)/N=C\C(=C/C)NC=O)c1.Cc1ccc(NC(=O)c2cccc(C(F)(F)F)c2)cc1C. The summed E-state index contributed by atoms with van der Waals surface area (Å²) >= 11 is 0. The summed E-state index contributed by atoms with van der Waals surface area (Å²) < 4.78 is 37.9. The minimum atomic E-state index is -4.46. The maximum absolute atomic E-state index is 12.6. The lowest BCUT2D eigenvalue weighted by molar-refractivity contribution is -0.137. The minimum absolute atomic E-state index is 0.0250. The molecule has 252 valence electrons. The molecule has 0 aliphatic carbocycles. The van der Waals surface area contributed by atoms with E-state index in [0.29, 0.717) is 35.0 Å². The normalized spacial score (nSPS) is 11.0. The number of anilines is 3. The summed E-state index contributed by atoms with van der Waals surface area (Å²) in [5.74, 6) is -0.759. The first kappa shape index (κ1) is 38.2. The second-order valence-corrected chi connectivity index (χ2v) is 10.0. The standard InChI is InChI=1S/C19H23N5O3.C16H14F3NO/c1-4-15(22-13-25)12-21-14(3)23-16-7-6-8-17(11-16)24-19(27)9-10-20-18(26)5-2;1-10-6-7-14(8-11(10)2)20-15(21)12-4-3-5-13(9-12)16(17,18)19/h4-8,11-13,23H,2-3,9-10H2,1H3,(H,20,26)(H,22,25)(H,24,27);3-9H,1-2H3,(H,20,21)/b15-4+,21-12-;. The molecule has 0 aliphatic heterocycles. The van der Waals surface area contributed by atoms with Gasteiger partial charge in [-0.25, -0.2) is 4.99 Å². The smallest absolute Gasteiger partial charge is 0.352 e. The number of carbonyl (C=O) groups is 4. The average Bonchev–Trinajstić information content (AvgIpc) is 3.04. The molecule has 0 fully saturated rings. The number of nitrogens with one attached hydrogen (secondary N) is 5. The van der Waals surface area contributed by atoms with E-state index < -0.39 is 17.6 Å². The van der Waals surface area contributed by atoms with Crippen molar-refractivity contribution in [2.75, 3.05) is 22.5 Å². The quantitative estimate of drug-likeness (QED) is 0.0808. The van der Waals surface area contributed by atoms with Gasteiger partial charge in [-0.05, 0) is 86.5 Å². The van der Waals surface area contributed by atoms with Gasteiger partial charge in [0.15, 0.2) is 0 Å². The zero-order valence-corrected chi connectivity index (χ0v) is 26.7. The molecule has 0 saturated carbocycles. The lowest BCUT2D eigenvalue weighted by Crippen LogP contribution is -2.25. The number of hydrogen-bond acceptors (Lipinski definition) is 6. The second kappa shape index (κ2) is 18.9. The van der Waals surface area contributed by atoms with Crippen molar-refractivity contribution in [1.82, 2.24) is 10.6 Å². The maximum Gasteiger partial charge on any atom is 0.416 e. The number of aliphatic imine (C=N–C) groups is 1. The number of allylic oxidation sites excluding steroid dienone is 2. The second-order valence-electron chi connectivity index (χ2n) is 10.0. The van der Waals surface area contributed by atoms with Gasteiger partial charge in [-0.15, -0.1) is 0 Å². The first-order valence-corrected chi connectivity index (χ1v) is 14.5. The van der Waals surface area contributed by atoms with Crippen LogP contribution in [-0.2, 0) is 20.6 Å². The van der Waals surface area contributed by atoms with Crippen molar-refractivity contribution in [3.8, 4) is 0 Å². The van der Waals surface area contributed by atoms with Crippen LogP contribution in [0.4, 0.5) is 30.2 Å². The first-order valence-electron chi connectivity index (χ1n) is 14.5. The van der Waals surface area contributed by atoms with Gasteiger partial charge in [0, 0.05) is 35.6 Å². The molecule has 3 rings (SSSR count). The van der Waals surface area contributed by atoms with Gasteiger partial charge in [0.05, 0.1) is 17.5 Å². The van der Waals surface area contributed by atoms with Crippen LogP contribution in [0.3, 0.4) is 0 Å². The zero-order valence-electron chi connectivity index (χ0n) is 26.7. The van der Waals surface area contributed by atoms with Gasteiger partial charge < -0.3 is 26.6 Å². The van der Waals surface area contributed by atoms with E-state index in [-0.39, 0.29) is 30.3 Å². The van der Waals surface area contributed by atoms with E-state index in [1.54, 1.807) is 49.4 Å². The molecule has 0 radical (unpaired) electrons. The van der Waals surface area contributed by atoms with Crippen molar-refractivity contribution >= 4 is 47.4 Å². The third-order valence-electron chi connectivity index (χ3n) is 6.38. The monoisotopic (exact) mass is 662 g/mol. The van der Waals surface area contributed by atoms with Gasteiger partial charge in [0.1, 0.15) is 5.82 Å². The van der Waals surface area contributed by atoms with Gasteiger partial charge in [-0.3, -0.25) is 19.2 Å². The molecule has 4 amide bonds. The summed E-state index contributed by atoms with van der Waals surface area (Å²) in [6, 6.07) is 16.7. The third kappa shape index (κ3) is 13.6. The van der Waals surface area contributed by atoms with Crippen LogP contribution in [0.5, 0.6) is 0 Å². The van der Waals surface area contributed by atoms with Crippen LogP contribution in [0.25, 0.3) is 0 Å². The molecule has 10 nitrogen and oxygen atoms in total. The molecule has 5 N–H and O–H groups in total. The van der Waals surface area contributed by atoms with Crippen LogP contribution in [0.2, 0.25) is 0 Å². The fourth-order valence-corrected chi connectivity index (χ4v) is 3.74. The highest BCUT2D eigenvalue weighted by Crippen LogP contribution is 2.29. The fourth-order valence-electron chi connectivity index (χ4n) is 3.74. The average molecular weight is 663 g/mol. The predicted octanol–water partition coefficient (Wildman–Crippen LogP) is 6.50. The zero-order chi connectivity index (χ0) is 35.7. The Morgan fingerprint density at radius 1 is 0.875 bits per heavy atom. The van der Waals surface area contributed by atoms with Crippen LogP contribution < -0.4 is 26.6 Å². The Morgan fingerprint density at radius 2 is 1.54 bits per heavy atom. The van der Waals surface area contributed by atoms with Crippen molar-refractivity contribution in [1.29, 1.82) is 0 Å². The number of amides is 4. The Kier molecular flexibility index (Phi) is 15.0. The highest BCUT2D eigenvalue weighted by molar-refractivity contribution is 6.04. The Bertz CT molecular complexity index is 1700. The van der Waals surface area contributed by atoms with E-state index in [2.05, 4.69) is 44.7 Å². The van der Waals surface area contributed by atoms with Gasteiger partial charge in [-0.1, -0.05) is 37.4 Å². The fraction of sp³-hybridized carbons (Fsp3) is 0.171. The summed E-state index contributed by atoms with van der Waals surface area (Å²) in [5.41, 5.74) is 3.58. The number of nitrogens with zero attached hydrogens (tertiary/aromatic N) is 1. The largest absolute Gasteiger partial charge is 0.416 e. The van der Waals surface area contributed by atoms with Crippen molar-refractivity contribution in [3.63, 3.8) is 0 Å². The van der Waals surface area contributed by atoms with Gasteiger partial charge >= 0.3 is 6.18 Å². The maximum atomic E-state index is 12.6. The summed E-state index contributed by atoms with van der Waals surface area (Å²) in [5, 5.41) is 13.4. The molecule has 0 heterocycles. The van der Waals surface area contributed by atoms with Gasteiger partial charge in [-0.2, -0.15) is 13.2 Å². The third-order valence-corrected chi connectivity index (χ3v) is 6.38. The summed E-state index contributed by atoms with van der Waals surface area (Å²) in [4.78, 5) is 49.5. The van der Waals surface area contributed by atoms with E-state index in [0.717, 1.165) is 29.3 Å². The first-order chi connectivity index (χ1) is 22.7. The van der Waals surface area contributed by atoms with Gasteiger partial charge in [0.25, 0.3) is 5.91 Å².